The summed E-state index contributed by atoms with van der Waals surface area (Å²) in [7, 11) is 1.54. The lowest BCUT2D eigenvalue weighted by Gasteiger charge is -2.11. The Kier molecular flexibility index (Phi) is 4.23. The van der Waals surface area contributed by atoms with Crippen LogP contribution in [0, 0.1) is 0 Å². The van der Waals surface area contributed by atoms with E-state index in [4.69, 9.17) is 23.7 Å². The lowest BCUT2D eigenvalue weighted by Crippen LogP contribution is -2.09. The molecule has 6 nitrogen and oxygen atoms in total. The van der Waals surface area contributed by atoms with Crippen molar-refractivity contribution in [3.63, 3.8) is 0 Å². The van der Waals surface area contributed by atoms with Crippen LogP contribution in [0.15, 0.2) is 36.4 Å². The van der Waals surface area contributed by atoms with Crippen molar-refractivity contribution in [1.29, 1.82) is 0 Å². The Morgan fingerprint density at radius 2 is 1.91 bits per heavy atom. The summed E-state index contributed by atoms with van der Waals surface area (Å²) in [4.78, 5) is 12.3. The number of carbonyl (C=O) groups is 1. The quantitative estimate of drug-likeness (QED) is 0.624. The average molecular weight is 316 g/mol. The summed E-state index contributed by atoms with van der Waals surface area (Å²) in [6.07, 6.45) is 0. The molecule has 0 fully saturated rings. The lowest BCUT2D eigenvalue weighted by molar-refractivity contribution is 0.0734. The van der Waals surface area contributed by atoms with E-state index in [1.165, 1.54) is 0 Å². The van der Waals surface area contributed by atoms with E-state index in [1.807, 2.05) is 6.92 Å². The summed E-state index contributed by atoms with van der Waals surface area (Å²) in [6.45, 7) is 2.50. The topological polar surface area (TPSA) is 63.2 Å². The normalized spacial score (nSPS) is 11.9. The van der Waals surface area contributed by atoms with Gasteiger partial charge in [-0.25, -0.2) is 4.79 Å². The zero-order valence-corrected chi connectivity index (χ0v) is 12.8. The average Bonchev–Trinajstić information content (AvgIpc) is 3.02. The largest absolute Gasteiger partial charge is 0.493 e. The molecule has 0 spiro atoms. The molecule has 0 aliphatic carbocycles. The summed E-state index contributed by atoms with van der Waals surface area (Å²) in [6, 6.07) is 9.85. The van der Waals surface area contributed by atoms with Crippen LogP contribution in [-0.2, 0) is 0 Å². The van der Waals surface area contributed by atoms with Crippen LogP contribution < -0.4 is 23.7 Å². The number of benzene rings is 2. The van der Waals surface area contributed by atoms with Crippen molar-refractivity contribution >= 4 is 5.97 Å². The highest BCUT2D eigenvalue weighted by Crippen LogP contribution is 2.35. The third kappa shape index (κ3) is 3.15. The second kappa shape index (κ2) is 6.48. The minimum Gasteiger partial charge on any atom is -0.493 e. The third-order valence-electron chi connectivity index (χ3n) is 3.25. The molecule has 0 amide bonds. The molecule has 1 aliphatic heterocycles. The number of fused-ring (bicyclic) bond motifs is 1. The fourth-order valence-electron chi connectivity index (χ4n) is 2.18. The number of esters is 1. The van der Waals surface area contributed by atoms with Crippen LogP contribution in [0.2, 0.25) is 0 Å². The Hall–Kier alpha value is -2.89. The Morgan fingerprint density at radius 3 is 2.70 bits per heavy atom. The van der Waals surface area contributed by atoms with Crippen LogP contribution >= 0.6 is 0 Å². The molecule has 0 saturated carbocycles. The molecule has 0 unspecified atom stereocenters. The molecule has 0 aromatic heterocycles. The minimum atomic E-state index is -0.493. The molecule has 2 aromatic carbocycles. The fraction of sp³-hybridized carbons (Fsp3) is 0.235. The first-order chi connectivity index (χ1) is 11.2. The standard InChI is InChI=1S/C17H16O6/c1-3-20-15-8-11(4-6-13(15)19-2)17(18)23-12-5-7-14-16(9-12)22-10-21-14/h4-9H,3,10H2,1-2H3. The number of ether oxygens (including phenoxy) is 5. The molecule has 2 aromatic rings. The van der Waals surface area contributed by atoms with Gasteiger partial charge in [0, 0.05) is 6.07 Å². The van der Waals surface area contributed by atoms with Gasteiger partial charge in [0.25, 0.3) is 0 Å². The highest BCUT2D eigenvalue weighted by atomic mass is 16.7. The molecular formula is C17H16O6. The van der Waals surface area contributed by atoms with Gasteiger partial charge in [-0.05, 0) is 37.3 Å². The molecule has 6 heteroatoms. The third-order valence-corrected chi connectivity index (χ3v) is 3.25. The van der Waals surface area contributed by atoms with Crippen LogP contribution in [0.4, 0.5) is 0 Å². The van der Waals surface area contributed by atoms with Crippen molar-refractivity contribution in [1.82, 2.24) is 0 Å². The number of hydrogen-bond donors (Lipinski definition) is 0. The molecule has 0 bridgehead atoms. The van der Waals surface area contributed by atoms with Gasteiger partial charge >= 0.3 is 5.97 Å². The molecule has 120 valence electrons. The zero-order valence-electron chi connectivity index (χ0n) is 12.8. The van der Waals surface area contributed by atoms with Gasteiger partial charge in [0.15, 0.2) is 23.0 Å². The molecule has 1 heterocycles. The number of carbonyl (C=O) groups excluding carboxylic acids is 1. The van der Waals surface area contributed by atoms with Crippen molar-refractivity contribution in [2.24, 2.45) is 0 Å². The SMILES string of the molecule is CCOc1cc(C(=O)Oc2ccc3c(c2)OCO3)ccc1OC. The van der Waals surface area contributed by atoms with Crippen LogP contribution in [0.25, 0.3) is 0 Å². The zero-order chi connectivity index (χ0) is 16.2. The van der Waals surface area contributed by atoms with Gasteiger partial charge in [-0.15, -0.1) is 0 Å². The maximum Gasteiger partial charge on any atom is 0.343 e. The van der Waals surface area contributed by atoms with Crippen molar-refractivity contribution < 1.29 is 28.5 Å². The summed E-state index contributed by atoms with van der Waals surface area (Å²) in [5, 5.41) is 0. The summed E-state index contributed by atoms with van der Waals surface area (Å²) in [5.41, 5.74) is 0.368. The van der Waals surface area contributed by atoms with Gasteiger partial charge in [0.05, 0.1) is 19.3 Å². The van der Waals surface area contributed by atoms with Crippen molar-refractivity contribution in [2.75, 3.05) is 20.5 Å². The first-order valence-electron chi connectivity index (χ1n) is 7.14. The maximum absolute atomic E-state index is 12.3. The predicted octanol–water partition coefficient (Wildman–Crippen LogP) is 3.04. The van der Waals surface area contributed by atoms with Gasteiger partial charge in [-0.2, -0.15) is 0 Å². The molecule has 3 rings (SSSR count). The summed E-state index contributed by atoms with van der Waals surface area (Å²) >= 11 is 0. The Morgan fingerprint density at radius 1 is 1.09 bits per heavy atom. The second-order valence-corrected chi connectivity index (χ2v) is 4.70. The summed E-state index contributed by atoms with van der Waals surface area (Å²) < 4.78 is 26.5. The Bertz CT molecular complexity index is 725. The smallest absolute Gasteiger partial charge is 0.343 e. The fourth-order valence-corrected chi connectivity index (χ4v) is 2.18. The highest BCUT2D eigenvalue weighted by molar-refractivity contribution is 5.92. The molecular weight excluding hydrogens is 300 g/mol. The summed E-state index contributed by atoms with van der Waals surface area (Å²) in [5.74, 6) is 2.13. The monoisotopic (exact) mass is 316 g/mol. The second-order valence-electron chi connectivity index (χ2n) is 4.70. The molecule has 0 saturated heterocycles. The Labute approximate surface area is 133 Å². The molecule has 23 heavy (non-hydrogen) atoms. The van der Waals surface area contributed by atoms with Crippen molar-refractivity contribution in [3.05, 3.63) is 42.0 Å². The maximum atomic E-state index is 12.3. The molecule has 1 aliphatic rings. The van der Waals surface area contributed by atoms with E-state index in [0.29, 0.717) is 40.9 Å². The van der Waals surface area contributed by atoms with Crippen LogP contribution in [0.1, 0.15) is 17.3 Å². The molecule has 0 N–H and O–H groups in total. The highest BCUT2D eigenvalue weighted by Gasteiger charge is 2.17. The van der Waals surface area contributed by atoms with Gasteiger partial charge in [-0.3, -0.25) is 0 Å². The number of hydrogen-bond acceptors (Lipinski definition) is 6. The van der Waals surface area contributed by atoms with Crippen LogP contribution in [0.5, 0.6) is 28.7 Å². The van der Waals surface area contributed by atoms with Crippen molar-refractivity contribution in [3.8, 4) is 28.7 Å². The van der Waals surface area contributed by atoms with Crippen LogP contribution in [-0.4, -0.2) is 26.5 Å². The van der Waals surface area contributed by atoms with E-state index in [-0.39, 0.29) is 6.79 Å². The van der Waals surface area contributed by atoms with E-state index >= 15 is 0 Å². The van der Waals surface area contributed by atoms with Gasteiger partial charge < -0.3 is 23.7 Å². The number of rotatable bonds is 5. The number of methoxy groups -OCH3 is 1. The molecule has 0 radical (unpaired) electrons. The molecule has 0 atom stereocenters. The van der Waals surface area contributed by atoms with E-state index in [1.54, 1.807) is 43.5 Å². The van der Waals surface area contributed by atoms with Gasteiger partial charge in [0.2, 0.25) is 6.79 Å². The predicted molar refractivity (Wildman–Crippen MR) is 81.7 cm³/mol. The first kappa shape index (κ1) is 15.0. The Balaban J connectivity index is 1.79. The first-order valence-corrected chi connectivity index (χ1v) is 7.14. The minimum absolute atomic E-state index is 0.170. The van der Waals surface area contributed by atoms with E-state index in [0.717, 1.165) is 0 Å². The van der Waals surface area contributed by atoms with Gasteiger partial charge in [-0.1, -0.05) is 0 Å². The van der Waals surface area contributed by atoms with E-state index in [2.05, 4.69) is 0 Å². The van der Waals surface area contributed by atoms with E-state index < -0.39 is 5.97 Å². The lowest BCUT2D eigenvalue weighted by atomic mass is 10.2. The van der Waals surface area contributed by atoms with Gasteiger partial charge in [0.1, 0.15) is 5.75 Å². The van der Waals surface area contributed by atoms with Crippen LogP contribution in [0.3, 0.4) is 0 Å². The van der Waals surface area contributed by atoms with E-state index in [9.17, 15) is 4.79 Å². The van der Waals surface area contributed by atoms with Crippen molar-refractivity contribution in [2.45, 2.75) is 6.92 Å².